The van der Waals surface area contributed by atoms with Crippen LogP contribution in [-0.2, 0) is 20.0 Å². The highest BCUT2D eigenvalue weighted by atomic mass is 31.0. The Morgan fingerprint density at radius 1 is 1.28 bits per heavy atom. The number of carbonyl (C=O) groups is 1. The molecule has 1 aliphatic heterocycles. The molecule has 1 aromatic rings. The lowest BCUT2D eigenvalue weighted by molar-refractivity contribution is -0.171. The maximum Gasteiger partial charge on any atom is 0.413 e. The smallest absolute Gasteiger partial charge is 0.413 e. The highest BCUT2D eigenvalue weighted by Crippen LogP contribution is 2.36. The predicted octanol–water partition coefficient (Wildman–Crippen LogP) is 4.12. The van der Waals surface area contributed by atoms with E-state index in [1.807, 2.05) is 6.92 Å². The second-order valence-corrected chi connectivity index (χ2v) is 6.81. The predicted molar refractivity (Wildman–Crippen MR) is 101 cm³/mol. The number of aryl methyl sites for hydroxylation is 1. The van der Waals surface area contributed by atoms with Gasteiger partial charge in [-0.15, -0.1) is 0 Å². The second kappa shape index (κ2) is 9.33. The zero-order chi connectivity index (χ0) is 18.3. The Labute approximate surface area is 152 Å². The number of carbonyl (C=O) groups excluding carboxylic acids is 1. The van der Waals surface area contributed by atoms with Crippen LogP contribution in [0.5, 0.6) is 0 Å². The molecule has 0 N–H and O–H groups in total. The fraction of sp³-hybridized carbons (Fsp3) is 0.579. The normalized spacial score (nSPS) is 15.8. The molecule has 138 valence electrons. The van der Waals surface area contributed by atoms with Crippen molar-refractivity contribution in [1.29, 1.82) is 0 Å². The van der Waals surface area contributed by atoms with E-state index in [-0.39, 0.29) is 6.09 Å². The summed E-state index contributed by atoms with van der Waals surface area (Å²) < 4.78 is 16.8. The van der Waals surface area contributed by atoms with Crippen molar-refractivity contribution < 1.29 is 19.0 Å². The molecule has 2 rings (SSSR count). The van der Waals surface area contributed by atoms with Crippen LogP contribution in [0.2, 0.25) is 0 Å². The molecule has 6 heteroatoms. The lowest BCUT2D eigenvalue weighted by Crippen LogP contribution is -2.36. The van der Waals surface area contributed by atoms with Gasteiger partial charge in [0.25, 0.3) is 0 Å². The molecule has 0 atom stereocenters. The fourth-order valence-electron chi connectivity index (χ4n) is 3.01. The number of nitrogens with zero attached hydrogens (tertiary/aromatic N) is 1. The molecule has 0 spiro atoms. The molecular formula is C19H28NO4P. The molecule has 1 aromatic carbocycles. The van der Waals surface area contributed by atoms with Gasteiger partial charge < -0.3 is 14.2 Å². The van der Waals surface area contributed by atoms with E-state index in [0.29, 0.717) is 26.2 Å². The maximum absolute atomic E-state index is 11.9. The summed E-state index contributed by atoms with van der Waals surface area (Å²) in [5.74, 6) is -0.680. The number of ether oxygens (including phenoxy) is 3. The third-order valence-electron chi connectivity index (χ3n) is 4.33. The number of benzene rings is 1. The minimum absolute atomic E-state index is 0.339. The molecule has 1 heterocycles. The number of amides is 1. The van der Waals surface area contributed by atoms with Gasteiger partial charge in [-0.2, -0.15) is 0 Å². The molecule has 0 radical (unpaired) electrons. The molecule has 1 amide bonds. The molecule has 0 aromatic heterocycles. The van der Waals surface area contributed by atoms with Gasteiger partial charge in [0.05, 0.1) is 20.3 Å². The van der Waals surface area contributed by atoms with Crippen molar-refractivity contribution >= 4 is 20.4 Å². The topological polar surface area (TPSA) is 48.0 Å². The van der Waals surface area contributed by atoms with E-state index in [9.17, 15) is 4.79 Å². The SMILES string of the molecule is CCCN(C(=O)OC)C(=P)CCCC1(c2ccc(C)cc2)OCCO1. The number of hydrogen-bond donors (Lipinski definition) is 0. The van der Waals surface area contributed by atoms with E-state index >= 15 is 0 Å². The van der Waals surface area contributed by atoms with E-state index in [1.54, 1.807) is 4.90 Å². The molecule has 0 unspecified atom stereocenters. The van der Waals surface area contributed by atoms with Gasteiger partial charge in [-0.1, -0.05) is 45.6 Å². The van der Waals surface area contributed by atoms with Crippen LogP contribution < -0.4 is 0 Å². The maximum atomic E-state index is 11.9. The Bertz CT molecular complexity index is 582. The zero-order valence-corrected chi connectivity index (χ0v) is 16.3. The molecule has 0 aliphatic carbocycles. The first-order valence-corrected chi connectivity index (χ1v) is 9.30. The summed E-state index contributed by atoms with van der Waals surface area (Å²) in [6, 6.07) is 8.28. The van der Waals surface area contributed by atoms with Crippen LogP contribution in [-0.4, -0.2) is 43.3 Å². The summed E-state index contributed by atoms with van der Waals surface area (Å²) in [7, 11) is 5.00. The molecule has 0 saturated carbocycles. The van der Waals surface area contributed by atoms with Crippen molar-refractivity contribution in [1.82, 2.24) is 4.90 Å². The van der Waals surface area contributed by atoms with Crippen molar-refractivity contribution in [2.24, 2.45) is 0 Å². The molecule has 1 fully saturated rings. The van der Waals surface area contributed by atoms with E-state index < -0.39 is 5.79 Å². The van der Waals surface area contributed by atoms with Gasteiger partial charge in [0.15, 0.2) is 5.79 Å². The first-order chi connectivity index (χ1) is 12.0. The zero-order valence-electron chi connectivity index (χ0n) is 15.3. The largest absolute Gasteiger partial charge is 0.452 e. The van der Waals surface area contributed by atoms with Gasteiger partial charge in [0.2, 0.25) is 0 Å². The van der Waals surface area contributed by atoms with Gasteiger partial charge in [0.1, 0.15) is 0 Å². The molecule has 25 heavy (non-hydrogen) atoms. The molecule has 1 aliphatic rings. The van der Waals surface area contributed by atoms with Gasteiger partial charge in [0, 0.05) is 23.9 Å². The number of methoxy groups -OCH3 is 1. The minimum atomic E-state index is -0.680. The molecular weight excluding hydrogens is 337 g/mol. The highest BCUT2D eigenvalue weighted by molar-refractivity contribution is 7.21. The van der Waals surface area contributed by atoms with Crippen molar-refractivity contribution in [3.05, 3.63) is 35.4 Å². The van der Waals surface area contributed by atoms with Crippen molar-refractivity contribution in [2.45, 2.75) is 45.3 Å². The average molecular weight is 365 g/mol. The van der Waals surface area contributed by atoms with Gasteiger partial charge >= 0.3 is 6.09 Å². The summed E-state index contributed by atoms with van der Waals surface area (Å²) in [6.07, 6.45) is 2.79. The molecule has 0 bridgehead atoms. The highest BCUT2D eigenvalue weighted by Gasteiger charge is 2.38. The van der Waals surface area contributed by atoms with Crippen LogP contribution in [0.3, 0.4) is 0 Å². The van der Waals surface area contributed by atoms with E-state index in [4.69, 9.17) is 14.2 Å². The van der Waals surface area contributed by atoms with Crippen LogP contribution in [0.1, 0.15) is 43.7 Å². The Morgan fingerprint density at radius 2 is 1.92 bits per heavy atom. The Kier molecular flexibility index (Phi) is 7.42. The average Bonchev–Trinajstić information content (AvgIpc) is 3.09. The third-order valence-corrected chi connectivity index (χ3v) is 4.85. The van der Waals surface area contributed by atoms with Crippen molar-refractivity contribution in [2.75, 3.05) is 26.9 Å². The van der Waals surface area contributed by atoms with Gasteiger partial charge in [-0.25, -0.2) is 4.79 Å². The van der Waals surface area contributed by atoms with E-state index in [2.05, 4.69) is 40.1 Å². The number of rotatable bonds is 8. The first kappa shape index (κ1) is 19.9. The lowest BCUT2D eigenvalue weighted by Gasteiger charge is -2.29. The van der Waals surface area contributed by atoms with E-state index in [0.717, 1.165) is 30.2 Å². The van der Waals surface area contributed by atoms with Crippen molar-refractivity contribution in [3.63, 3.8) is 0 Å². The summed E-state index contributed by atoms with van der Waals surface area (Å²) in [5.41, 5.74) is 3.08. The second-order valence-electron chi connectivity index (χ2n) is 6.24. The van der Waals surface area contributed by atoms with Crippen molar-refractivity contribution in [3.8, 4) is 0 Å². The quantitative estimate of drug-likeness (QED) is 0.651. The van der Waals surface area contributed by atoms with Crippen LogP contribution in [0.25, 0.3) is 0 Å². The fourth-order valence-corrected chi connectivity index (χ4v) is 3.39. The van der Waals surface area contributed by atoms with Crippen LogP contribution in [0.15, 0.2) is 24.3 Å². The van der Waals surface area contributed by atoms with Gasteiger partial charge in [-0.05, 0) is 26.2 Å². The standard InChI is InChI=1S/C19H28NO4P/c1-4-12-20(18(21)22-3)17(25)6-5-11-19(23-13-14-24-19)16-9-7-15(2)8-10-16/h7-10,25H,4-6,11-14H2,1-3H3. The monoisotopic (exact) mass is 365 g/mol. The van der Waals surface area contributed by atoms with Gasteiger partial charge in [-0.3, -0.25) is 4.90 Å². The number of hydrogen-bond acceptors (Lipinski definition) is 4. The third kappa shape index (κ3) is 5.04. The minimum Gasteiger partial charge on any atom is -0.452 e. The Hall–Kier alpha value is -1.42. The van der Waals surface area contributed by atoms with E-state index in [1.165, 1.54) is 12.7 Å². The summed E-state index contributed by atoms with van der Waals surface area (Å²) >= 11 is 0. The first-order valence-electron chi connectivity index (χ1n) is 8.80. The lowest BCUT2D eigenvalue weighted by atomic mass is 9.98. The summed E-state index contributed by atoms with van der Waals surface area (Å²) in [6.45, 7) is 5.92. The molecule has 1 saturated heterocycles. The Balaban J connectivity index is 1.98. The summed E-state index contributed by atoms with van der Waals surface area (Å²) in [5, 5.41) is 0. The Morgan fingerprint density at radius 3 is 2.48 bits per heavy atom. The van der Waals surface area contributed by atoms with Crippen LogP contribution >= 0.6 is 8.86 Å². The summed E-state index contributed by atoms with van der Waals surface area (Å²) in [4.78, 5) is 13.5. The van der Waals surface area contributed by atoms with Crippen LogP contribution in [0.4, 0.5) is 4.79 Å². The molecule has 5 nitrogen and oxygen atoms in total. The van der Waals surface area contributed by atoms with Crippen LogP contribution in [0, 0.1) is 6.92 Å².